The van der Waals surface area contributed by atoms with Gasteiger partial charge in [-0.3, -0.25) is 9.59 Å². The quantitative estimate of drug-likeness (QED) is 0.649. The van der Waals surface area contributed by atoms with E-state index in [1.807, 2.05) is 30.5 Å². The summed E-state index contributed by atoms with van der Waals surface area (Å²) in [6.45, 7) is 1.73. The van der Waals surface area contributed by atoms with Crippen molar-refractivity contribution in [1.29, 1.82) is 0 Å². The van der Waals surface area contributed by atoms with Crippen LogP contribution in [0.15, 0.2) is 53.4 Å². The maximum atomic E-state index is 11.9. The van der Waals surface area contributed by atoms with Crippen molar-refractivity contribution >= 4 is 29.3 Å². The second-order valence-electron chi connectivity index (χ2n) is 5.06. The Morgan fingerprint density at radius 1 is 1.00 bits per heavy atom. The minimum atomic E-state index is -0.272. The number of carbonyl (C=O) groups is 2. The van der Waals surface area contributed by atoms with Crippen molar-refractivity contribution in [3.05, 3.63) is 59.7 Å². The maximum absolute atomic E-state index is 11.9. The van der Waals surface area contributed by atoms with Gasteiger partial charge in [0.05, 0.1) is 6.42 Å². The van der Waals surface area contributed by atoms with Crippen LogP contribution in [0.1, 0.15) is 18.1 Å². The van der Waals surface area contributed by atoms with Gasteiger partial charge in [-0.1, -0.05) is 24.3 Å². The van der Waals surface area contributed by atoms with E-state index in [1.165, 1.54) is 11.8 Å². The van der Waals surface area contributed by atoms with E-state index >= 15 is 0 Å². The highest BCUT2D eigenvalue weighted by Crippen LogP contribution is 2.15. The largest absolute Gasteiger partial charge is 0.461 e. The molecule has 0 aromatic heterocycles. The summed E-state index contributed by atoms with van der Waals surface area (Å²) >= 11 is 1.67. The molecule has 5 heteroatoms. The molecule has 1 N–H and O–H groups in total. The topological polar surface area (TPSA) is 55.4 Å². The smallest absolute Gasteiger partial charge is 0.310 e. The van der Waals surface area contributed by atoms with E-state index in [4.69, 9.17) is 4.74 Å². The fourth-order valence-electron chi connectivity index (χ4n) is 2.01. The van der Waals surface area contributed by atoms with Crippen molar-refractivity contribution in [3.63, 3.8) is 0 Å². The Morgan fingerprint density at radius 2 is 1.61 bits per heavy atom. The lowest BCUT2D eigenvalue weighted by molar-refractivity contribution is -0.144. The summed E-state index contributed by atoms with van der Waals surface area (Å²) in [5.41, 5.74) is 2.53. The molecule has 0 radical (unpaired) electrons. The molecule has 120 valence electrons. The molecule has 1 amide bonds. The number of benzene rings is 2. The predicted molar refractivity (Wildman–Crippen MR) is 92.5 cm³/mol. The molecule has 0 fully saturated rings. The van der Waals surface area contributed by atoms with Gasteiger partial charge in [-0.25, -0.2) is 0 Å². The number of rotatable bonds is 6. The first-order chi connectivity index (χ1) is 11.1. The lowest BCUT2D eigenvalue weighted by Gasteiger charge is -2.07. The minimum absolute atomic E-state index is 0.121. The molecular weight excluding hydrogens is 310 g/mol. The van der Waals surface area contributed by atoms with Crippen molar-refractivity contribution in [2.75, 3.05) is 11.6 Å². The van der Waals surface area contributed by atoms with Gasteiger partial charge >= 0.3 is 5.97 Å². The van der Waals surface area contributed by atoms with E-state index in [0.717, 1.165) is 11.1 Å². The number of amides is 1. The molecule has 0 bridgehead atoms. The molecule has 2 aromatic carbocycles. The molecular formula is C18H19NO3S. The van der Waals surface area contributed by atoms with Crippen LogP contribution < -0.4 is 5.32 Å². The highest BCUT2D eigenvalue weighted by Gasteiger charge is 2.06. The lowest BCUT2D eigenvalue weighted by Crippen LogP contribution is -2.09. The third-order valence-corrected chi connectivity index (χ3v) is 3.93. The fourth-order valence-corrected chi connectivity index (χ4v) is 2.42. The summed E-state index contributed by atoms with van der Waals surface area (Å²) in [6.07, 6.45) is 2.23. The highest BCUT2D eigenvalue weighted by atomic mass is 32.2. The summed E-state index contributed by atoms with van der Waals surface area (Å²) in [4.78, 5) is 24.0. The van der Waals surface area contributed by atoms with Gasteiger partial charge in [0.15, 0.2) is 0 Å². The Labute approximate surface area is 140 Å². The SMILES string of the molecule is CSc1ccc(COC(=O)Cc2ccc(NC(C)=O)cc2)cc1. The van der Waals surface area contributed by atoms with Crippen molar-refractivity contribution in [2.24, 2.45) is 0 Å². The number of thioether (sulfide) groups is 1. The number of carbonyl (C=O) groups excluding carboxylic acids is 2. The number of ether oxygens (including phenoxy) is 1. The highest BCUT2D eigenvalue weighted by molar-refractivity contribution is 7.98. The van der Waals surface area contributed by atoms with Gasteiger partial charge in [0.2, 0.25) is 5.91 Å². The zero-order valence-corrected chi connectivity index (χ0v) is 14.0. The van der Waals surface area contributed by atoms with Crippen LogP contribution in [0.4, 0.5) is 5.69 Å². The van der Waals surface area contributed by atoms with Crippen molar-refractivity contribution in [2.45, 2.75) is 24.8 Å². The number of esters is 1. The molecule has 23 heavy (non-hydrogen) atoms. The molecule has 0 heterocycles. The van der Waals surface area contributed by atoms with Gasteiger partial charge in [-0.15, -0.1) is 11.8 Å². The average molecular weight is 329 g/mol. The molecule has 0 unspecified atom stereocenters. The van der Waals surface area contributed by atoms with E-state index in [0.29, 0.717) is 5.69 Å². The molecule has 0 aliphatic heterocycles. The van der Waals surface area contributed by atoms with E-state index in [9.17, 15) is 9.59 Å². The first kappa shape index (κ1) is 17.1. The van der Waals surface area contributed by atoms with Gasteiger partial charge in [0, 0.05) is 17.5 Å². The minimum Gasteiger partial charge on any atom is -0.461 e. The number of hydrogen-bond acceptors (Lipinski definition) is 4. The summed E-state index contributed by atoms with van der Waals surface area (Å²) in [6, 6.07) is 15.1. The first-order valence-electron chi connectivity index (χ1n) is 7.22. The Balaban J connectivity index is 1.82. The van der Waals surface area contributed by atoms with Crippen LogP contribution in [0.2, 0.25) is 0 Å². The first-order valence-corrected chi connectivity index (χ1v) is 8.44. The Kier molecular flexibility index (Phi) is 6.23. The molecule has 0 saturated heterocycles. The molecule has 4 nitrogen and oxygen atoms in total. The Bertz CT molecular complexity index is 666. The Hall–Kier alpha value is -2.27. The maximum Gasteiger partial charge on any atom is 0.310 e. The standard InChI is InChI=1S/C18H19NO3S/c1-13(20)19-16-7-3-14(4-8-16)11-18(21)22-12-15-5-9-17(23-2)10-6-15/h3-10H,11-12H2,1-2H3,(H,19,20). The summed E-state index contributed by atoms with van der Waals surface area (Å²) in [7, 11) is 0. The molecule has 0 aliphatic rings. The second-order valence-corrected chi connectivity index (χ2v) is 5.94. The monoisotopic (exact) mass is 329 g/mol. The number of anilines is 1. The zero-order valence-electron chi connectivity index (χ0n) is 13.2. The van der Waals surface area contributed by atoms with Crippen LogP contribution in [0.3, 0.4) is 0 Å². The molecule has 0 aliphatic carbocycles. The van der Waals surface area contributed by atoms with Gasteiger partial charge < -0.3 is 10.1 Å². The zero-order chi connectivity index (χ0) is 16.7. The van der Waals surface area contributed by atoms with Gasteiger partial charge in [-0.2, -0.15) is 0 Å². The Morgan fingerprint density at radius 3 is 2.17 bits per heavy atom. The molecule has 2 aromatic rings. The predicted octanol–water partition coefficient (Wildman–Crippen LogP) is 3.65. The average Bonchev–Trinajstić information content (AvgIpc) is 2.55. The lowest BCUT2D eigenvalue weighted by atomic mass is 10.1. The van der Waals surface area contributed by atoms with Crippen LogP contribution in [0, 0.1) is 0 Å². The van der Waals surface area contributed by atoms with Gasteiger partial charge in [0.1, 0.15) is 6.61 Å². The van der Waals surface area contributed by atoms with Crippen molar-refractivity contribution < 1.29 is 14.3 Å². The van der Waals surface area contributed by atoms with Gasteiger partial charge in [-0.05, 0) is 41.6 Å². The van der Waals surface area contributed by atoms with Crippen LogP contribution in [0.25, 0.3) is 0 Å². The summed E-state index contributed by atoms with van der Waals surface area (Å²) < 4.78 is 5.28. The normalized spacial score (nSPS) is 10.2. The molecule has 0 atom stereocenters. The molecule has 0 saturated carbocycles. The fraction of sp³-hybridized carbons (Fsp3) is 0.222. The summed E-state index contributed by atoms with van der Waals surface area (Å²) in [5.74, 6) is -0.393. The van der Waals surface area contributed by atoms with Crippen LogP contribution in [0.5, 0.6) is 0 Å². The van der Waals surface area contributed by atoms with Crippen LogP contribution in [-0.2, 0) is 27.4 Å². The van der Waals surface area contributed by atoms with E-state index in [-0.39, 0.29) is 24.9 Å². The van der Waals surface area contributed by atoms with E-state index < -0.39 is 0 Å². The molecule has 2 rings (SSSR count). The van der Waals surface area contributed by atoms with Crippen LogP contribution in [-0.4, -0.2) is 18.1 Å². The molecule has 0 spiro atoms. The van der Waals surface area contributed by atoms with Gasteiger partial charge in [0.25, 0.3) is 0 Å². The number of nitrogens with one attached hydrogen (secondary N) is 1. The third kappa shape index (κ3) is 5.79. The second kappa shape index (κ2) is 8.39. The van der Waals surface area contributed by atoms with E-state index in [1.54, 1.807) is 36.0 Å². The van der Waals surface area contributed by atoms with Crippen LogP contribution >= 0.6 is 11.8 Å². The summed E-state index contributed by atoms with van der Waals surface area (Å²) in [5, 5.41) is 2.68. The number of hydrogen-bond donors (Lipinski definition) is 1. The van der Waals surface area contributed by atoms with E-state index in [2.05, 4.69) is 5.32 Å². The third-order valence-electron chi connectivity index (χ3n) is 3.18. The van der Waals surface area contributed by atoms with Crippen molar-refractivity contribution in [3.8, 4) is 0 Å². The van der Waals surface area contributed by atoms with Crippen molar-refractivity contribution in [1.82, 2.24) is 0 Å².